The molecule has 0 fully saturated rings. The van der Waals surface area contributed by atoms with Gasteiger partial charge in [-0.25, -0.2) is 4.98 Å². The maximum absolute atomic E-state index is 12.8. The van der Waals surface area contributed by atoms with Gasteiger partial charge < -0.3 is 10.3 Å². The average Bonchev–Trinajstić information content (AvgIpc) is 3.19. The Morgan fingerprint density at radius 3 is 2.60 bits per heavy atom. The number of nitrogens with zero attached hydrogens (tertiary/aromatic N) is 2. The van der Waals surface area contributed by atoms with Crippen LogP contribution in [-0.2, 0) is 18.4 Å². The van der Waals surface area contributed by atoms with E-state index < -0.39 is 0 Å². The molecule has 4 aromatic rings. The summed E-state index contributed by atoms with van der Waals surface area (Å²) in [4.78, 5) is 32.8. The standard InChI is InChI=1S/C23H22N4O2S/c1-15-8-10-16(11-9-15)12-24-19(28)14-30-23-26-20-18(17-6-4-3-5-7-17)13-25-21(20)22(29)27(23)2/h3-11,13,25H,12,14H2,1-2H3,(H,24,28). The van der Waals surface area contributed by atoms with Gasteiger partial charge >= 0.3 is 0 Å². The topological polar surface area (TPSA) is 79.8 Å². The zero-order valence-electron chi connectivity index (χ0n) is 16.8. The molecule has 2 N–H and O–H groups in total. The zero-order valence-corrected chi connectivity index (χ0v) is 17.6. The lowest BCUT2D eigenvalue weighted by Crippen LogP contribution is -2.26. The minimum atomic E-state index is -0.162. The van der Waals surface area contributed by atoms with Gasteiger partial charge in [-0.05, 0) is 18.1 Å². The van der Waals surface area contributed by atoms with Crippen LogP contribution in [0.5, 0.6) is 0 Å². The highest BCUT2D eigenvalue weighted by atomic mass is 32.2. The van der Waals surface area contributed by atoms with Crippen molar-refractivity contribution in [2.24, 2.45) is 7.05 Å². The number of aromatic amines is 1. The molecule has 0 spiro atoms. The SMILES string of the molecule is Cc1ccc(CNC(=O)CSc2nc3c(-c4ccccc4)c[nH]c3c(=O)n2C)cc1. The van der Waals surface area contributed by atoms with Crippen LogP contribution in [0.3, 0.4) is 0 Å². The van der Waals surface area contributed by atoms with E-state index >= 15 is 0 Å². The van der Waals surface area contributed by atoms with Crippen LogP contribution < -0.4 is 10.9 Å². The molecule has 4 rings (SSSR count). The maximum Gasteiger partial charge on any atom is 0.278 e. The minimum Gasteiger partial charge on any atom is -0.355 e. The van der Waals surface area contributed by atoms with Crippen molar-refractivity contribution in [3.63, 3.8) is 0 Å². The number of hydrogen-bond donors (Lipinski definition) is 2. The molecule has 2 aromatic carbocycles. The van der Waals surface area contributed by atoms with Crippen molar-refractivity contribution in [1.29, 1.82) is 0 Å². The molecular weight excluding hydrogens is 396 g/mol. The van der Waals surface area contributed by atoms with E-state index in [1.54, 1.807) is 13.2 Å². The van der Waals surface area contributed by atoms with Crippen LogP contribution in [0.4, 0.5) is 0 Å². The molecular formula is C23H22N4O2S. The number of carbonyl (C=O) groups is 1. The first-order chi connectivity index (χ1) is 14.5. The Morgan fingerprint density at radius 1 is 1.13 bits per heavy atom. The quantitative estimate of drug-likeness (QED) is 0.370. The van der Waals surface area contributed by atoms with E-state index in [-0.39, 0.29) is 17.2 Å². The first-order valence-corrected chi connectivity index (χ1v) is 10.6. The summed E-state index contributed by atoms with van der Waals surface area (Å²) in [7, 11) is 1.67. The lowest BCUT2D eigenvalue weighted by molar-refractivity contribution is -0.118. The predicted molar refractivity (Wildman–Crippen MR) is 121 cm³/mol. The molecule has 1 amide bonds. The van der Waals surface area contributed by atoms with Crippen molar-refractivity contribution in [3.05, 3.63) is 82.3 Å². The van der Waals surface area contributed by atoms with E-state index in [2.05, 4.69) is 15.3 Å². The van der Waals surface area contributed by atoms with E-state index in [9.17, 15) is 9.59 Å². The van der Waals surface area contributed by atoms with E-state index in [1.165, 1.54) is 21.9 Å². The van der Waals surface area contributed by atoms with E-state index in [0.717, 1.165) is 16.7 Å². The number of benzene rings is 2. The largest absolute Gasteiger partial charge is 0.355 e. The molecule has 0 aliphatic rings. The first-order valence-electron chi connectivity index (χ1n) is 9.61. The highest BCUT2D eigenvalue weighted by molar-refractivity contribution is 7.99. The van der Waals surface area contributed by atoms with Gasteiger partial charge in [-0.1, -0.05) is 71.9 Å². The third kappa shape index (κ3) is 4.16. The summed E-state index contributed by atoms with van der Waals surface area (Å²) in [5.74, 6) is 0.0789. The van der Waals surface area contributed by atoms with Crippen molar-refractivity contribution < 1.29 is 4.79 Å². The van der Waals surface area contributed by atoms with Crippen molar-refractivity contribution in [2.75, 3.05) is 5.75 Å². The molecule has 6 nitrogen and oxygen atoms in total. The van der Waals surface area contributed by atoms with Crippen molar-refractivity contribution >= 4 is 28.7 Å². The molecule has 0 atom stereocenters. The highest BCUT2D eigenvalue weighted by Crippen LogP contribution is 2.27. The van der Waals surface area contributed by atoms with Gasteiger partial charge in [-0.2, -0.15) is 0 Å². The summed E-state index contributed by atoms with van der Waals surface area (Å²) in [6, 6.07) is 17.8. The molecule has 0 radical (unpaired) electrons. The van der Waals surface area contributed by atoms with Crippen molar-refractivity contribution in [3.8, 4) is 11.1 Å². The maximum atomic E-state index is 12.8. The summed E-state index contributed by atoms with van der Waals surface area (Å²) < 4.78 is 1.48. The summed E-state index contributed by atoms with van der Waals surface area (Å²) in [5.41, 5.74) is 5.00. The van der Waals surface area contributed by atoms with Crippen LogP contribution in [0.1, 0.15) is 11.1 Å². The number of thioether (sulfide) groups is 1. The summed E-state index contributed by atoms with van der Waals surface area (Å²) in [6.07, 6.45) is 1.80. The molecule has 0 saturated carbocycles. The molecule has 0 saturated heterocycles. The van der Waals surface area contributed by atoms with Crippen molar-refractivity contribution in [2.45, 2.75) is 18.6 Å². The molecule has 0 aliphatic heterocycles. The lowest BCUT2D eigenvalue weighted by Gasteiger charge is -2.09. The van der Waals surface area contributed by atoms with E-state index in [1.807, 2.05) is 61.5 Å². The monoisotopic (exact) mass is 418 g/mol. The number of rotatable bonds is 6. The van der Waals surface area contributed by atoms with Crippen LogP contribution >= 0.6 is 11.8 Å². The highest BCUT2D eigenvalue weighted by Gasteiger charge is 2.15. The molecule has 7 heteroatoms. The molecule has 0 aliphatic carbocycles. The molecule has 2 aromatic heterocycles. The Morgan fingerprint density at radius 2 is 1.87 bits per heavy atom. The van der Waals surface area contributed by atoms with Crippen LogP contribution in [-0.4, -0.2) is 26.2 Å². The predicted octanol–water partition coefficient (Wildman–Crippen LogP) is 3.65. The average molecular weight is 419 g/mol. The number of carbonyl (C=O) groups excluding carboxylic acids is 1. The van der Waals surface area contributed by atoms with E-state index in [0.29, 0.717) is 22.7 Å². The molecule has 152 valence electrons. The third-order valence-electron chi connectivity index (χ3n) is 4.89. The van der Waals surface area contributed by atoms with Crippen LogP contribution in [0.2, 0.25) is 0 Å². The fourth-order valence-electron chi connectivity index (χ4n) is 3.17. The fourth-order valence-corrected chi connectivity index (χ4v) is 3.97. The van der Waals surface area contributed by atoms with Gasteiger partial charge in [0, 0.05) is 25.4 Å². The fraction of sp³-hybridized carbons (Fsp3) is 0.174. The van der Waals surface area contributed by atoms with Gasteiger partial charge in [0.1, 0.15) is 11.0 Å². The summed E-state index contributed by atoms with van der Waals surface area (Å²) >= 11 is 1.25. The van der Waals surface area contributed by atoms with Crippen LogP contribution in [0.25, 0.3) is 22.2 Å². The lowest BCUT2D eigenvalue weighted by atomic mass is 10.1. The van der Waals surface area contributed by atoms with Crippen LogP contribution in [0, 0.1) is 6.92 Å². The molecule has 0 bridgehead atoms. The van der Waals surface area contributed by atoms with Gasteiger partial charge in [0.2, 0.25) is 5.91 Å². The Kier molecular flexibility index (Phi) is 5.72. The second kappa shape index (κ2) is 8.59. The molecule has 2 heterocycles. The number of amides is 1. The van der Waals surface area contributed by atoms with Gasteiger partial charge in [0.15, 0.2) is 5.16 Å². The minimum absolute atomic E-state index is 0.104. The molecule has 30 heavy (non-hydrogen) atoms. The number of H-pyrrole nitrogens is 1. The summed E-state index contributed by atoms with van der Waals surface area (Å²) in [6.45, 7) is 2.50. The van der Waals surface area contributed by atoms with Gasteiger partial charge in [-0.15, -0.1) is 0 Å². The van der Waals surface area contributed by atoms with E-state index in [4.69, 9.17) is 0 Å². The van der Waals surface area contributed by atoms with Gasteiger partial charge in [0.05, 0.1) is 5.75 Å². The Labute approximate surface area is 178 Å². The number of nitrogens with one attached hydrogen (secondary N) is 2. The van der Waals surface area contributed by atoms with Gasteiger partial charge in [-0.3, -0.25) is 14.2 Å². The Bertz CT molecular complexity index is 1240. The van der Waals surface area contributed by atoms with Crippen molar-refractivity contribution in [1.82, 2.24) is 19.9 Å². The second-order valence-electron chi connectivity index (χ2n) is 7.10. The molecule has 0 unspecified atom stereocenters. The third-order valence-corrected chi connectivity index (χ3v) is 5.92. The Hall–Kier alpha value is -3.32. The number of hydrogen-bond acceptors (Lipinski definition) is 4. The normalized spacial score (nSPS) is 11.0. The van der Waals surface area contributed by atoms with Crippen LogP contribution in [0.15, 0.2) is 70.7 Å². The zero-order chi connectivity index (χ0) is 21.1. The summed E-state index contributed by atoms with van der Waals surface area (Å²) in [5, 5.41) is 3.42. The number of fused-ring (bicyclic) bond motifs is 1. The van der Waals surface area contributed by atoms with Gasteiger partial charge in [0.25, 0.3) is 5.56 Å². The number of aryl methyl sites for hydroxylation is 1. The second-order valence-corrected chi connectivity index (χ2v) is 8.04. The first kappa shape index (κ1) is 20.0. The Balaban J connectivity index is 1.51. The number of aromatic nitrogens is 3. The smallest absolute Gasteiger partial charge is 0.278 e.